The number of methoxy groups -OCH3 is 1. The molecule has 0 N–H and O–H groups in total. The largest absolute Gasteiger partial charge is 0.497 e. The molecule has 0 saturated heterocycles. The Hall–Kier alpha value is -4.65. The molecule has 0 radical (unpaired) electrons. The second-order valence-electron chi connectivity index (χ2n) is 9.73. The second kappa shape index (κ2) is 9.03. The molecular formula is C31H24O7. The maximum absolute atomic E-state index is 13.6. The van der Waals surface area contributed by atoms with E-state index in [4.69, 9.17) is 18.6 Å². The molecule has 0 spiro atoms. The van der Waals surface area contributed by atoms with E-state index >= 15 is 0 Å². The van der Waals surface area contributed by atoms with Crippen LogP contribution in [-0.2, 0) is 4.79 Å². The lowest BCUT2D eigenvalue weighted by Gasteiger charge is -2.25. The average molecular weight is 509 g/mol. The van der Waals surface area contributed by atoms with Crippen molar-refractivity contribution in [3.8, 4) is 17.2 Å². The van der Waals surface area contributed by atoms with Crippen molar-refractivity contribution in [3.63, 3.8) is 0 Å². The Kier molecular flexibility index (Phi) is 5.64. The van der Waals surface area contributed by atoms with E-state index in [0.717, 1.165) is 5.56 Å². The van der Waals surface area contributed by atoms with Gasteiger partial charge in [-0.2, -0.15) is 0 Å². The molecule has 1 unspecified atom stereocenters. The number of ketones is 1. The Labute approximate surface area is 218 Å². The molecule has 2 aliphatic heterocycles. The first-order valence-electron chi connectivity index (χ1n) is 12.3. The zero-order chi connectivity index (χ0) is 26.6. The number of hydrogen-bond acceptors (Lipinski definition) is 7. The van der Waals surface area contributed by atoms with Crippen LogP contribution in [0.1, 0.15) is 64.7 Å². The third-order valence-corrected chi connectivity index (χ3v) is 7.06. The number of esters is 1. The van der Waals surface area contributed by atoms with Crippen molar-refractivity contribution in [1.29, 1.82) is 0 Å². The van der Waals surface area contributed by atoms with Crippen molar-refractivity contribution in [2.45, 2.75) is 32.1 Å². The molecule has 7 nitrogen and oxygen atoms in total. The van der Waals surface area contributed by atoms with Crippen molar-refractivity contribution in [2.24, 2.45) is 0 Å². The van der Waals surface area contributed by atoms with E-state index < -0.39 is 11.9 Å². The van der Waals surface area contributed by atoms with Gasteiger partial charge in [-0.15, -0.1) is 0 Å². The quantitative estimate of drug-likeness (QED) is 0.190. The average Bonchev–Trinajstić information content (AvgIpc) is 3.23. The summed E-state index contributed by atoms with van der Waals surface area (Å²) >= 11 is 0. The summed E-state index contributed by atoms with van der Waals surface area (Å²) in [5, 5.41) is 0.331. The molecule has 7 heteroatoms. The molecule has 0 fully saturated rings. The molecule has 38 heavy (non-hydrogen) atoms. The van der Waals surface area contributed by atoms with Gasteiger partial charge in [0.1, 0.15) is 22.8 Å². The fraction of sp³-hybridized carbons (Fsp3) is 0.194. The Morgan fingerprint density at radius 3 is 2.50 bits per heavy atom. The normalized spacial score (nSPS) is 17.4. The monoisotopic (exact) mass is 508 g/mol. The minimum Gasteiger partial charge on any atom is -0.497 e. The summed E-state index contributed by atoms with van der Waals surface area (Å²) in [4.78, 5) is 39.4. The van der Waals surface area contributed by atoms with Crippen molar-refractivity contribution in [1.82, 2.24) is 0 Å². The Morgan fingerprint density at radius 2 is 1.76 bits per heavy atom. The lowest BCUT2D eigenvalue weighted by Crippen LogP contribution is -2.25. The van der Waals surface area contributed by atoms with E-state index in [1.807, 2.05) is 24.3 Å². The predicted molar refractivity (Wildman–Crippen MR) is 141 cm³/mol. The van der Waals surface area contributed by atoms with Crippen LogP contribution < -0.4 is 19.6 Å². The Morgan fingerprint density at radius 1 is 0.974 bits per heavy atom. The molecule has 4 aromatic rings. The fourth-order valence-corrected chi connectivity index (χ4v) is 4.99. The molecule has 6 rings (SSSR count). The number of rotatable bonds is 4. The topological polar surface area (TPSA) is 92.0 Å². The summed E-state index contributed by atoms with van der Waals surface area (Å²) in [6, 6.07) is 16.1. The van der Waals surface area contributed by atoms with E-state index in [9.17, 15) is 14.4 Å². The Bertz CT molecular complexity index is 1710. The summed E-state index contributed by atoms with van der Waals surface area (Å²) in [5.74, 6) is 0.133. The van der Waals surface area contributed by atoms with Crippen LogP contribution in [-0.4, -0.2) is 18.9 Å². The van der Waals surface area contributed by atoms with Gasteiger partial charge in [-0.25, -0.2) is 0 Å². The highest BCUT2D eigenvalue weighted by Crippen LogP contribution is 2.48. The maximum Gasteiger partial charge on any atom is 0.312 e. The maximum atomic E-state index is 13.6. The smallest absolute Gasteiger partial charge is 0.312 e. The number of carbonyl (C=O) groups excluding carboxylic acids is 2. The first-order valence-corrected chi connectivity index (χ1v) is 12.3. The molecule has 0 amide bonds. The van der Waals surface area contributed by atoms with Crippen molar-refractivity contribution in [2.75, 3.05) is 7.11 Å². The predicted octanol–water partition coefficient (Wildman–Crippen LogP) is 5.98. The molecule has 0 aliphatic carbocycles. The highest BCUT2D eigenvalue weighted by atomic mass is 16.5. The van der Waals surface area contributed by atoms with Gasteiger partial charge in [0.15, 0.2) is 11.2 Å². The second-order valence-corrected chi connectivity index (χ2v) is 9.73. The van der Waals surface area contributed by atoms with Crippen LogP contribution in [0.4, 0.5) is 0 Å². The number of Topliss-reactive ketones (excluding diaryl/α,β-unsaturated/α-hetero) is 1. The van der Waals surface area contributed by atoms with Crippen molar-refractivity contribution < 1.29 is 28.2 Å². The van der Waals surface area contributed by atoms with Gasteiger partial charge >= 0.3 is 5.97 Å². The number of carbonyl (C=O) groups is 2. The number of allylic oxidation sites excluding steroid dienone is 1. The van der Waals surface area contributed by atoms with Gasteiger partial charge in [0, 0.05) is 17.0 Å². The number of benzene rings is 3. The molecule has 190 valence electrons. The summed E-state index contributed by atoms with van der Waals surface area (Å²) in [6.45, 7) is 4.24. The number of ether oxygens (including phenoxy) is 3. The highest BCUT2D eigenvalue weighted by Gasteiger charge is 2.39. The molecule has 2 aliphatic rings. The summed E-state index contributed by atoms with van der Waals surface area (Å²) in [5.41, 5.74) is 3.23. The lowest BCUT2D eigenvalue weighted by atomic mass is 9.85. The minimum atomic E-state index is -0.717. The zero-order valence-electron chi connectivity index (χ0n) is 21.1. The van der Waals surface area contributed by atoms with Crippen molar-refractivity contribution in [3.05, 3.63) is 105 Å². The first kappa shape index (κ1) is 23.7. The van der Waals surface area contributed by atoms with Gasteiger partial charge in [-0.3, -0.25) is 14.4 Å². The summed E-state index contributed by atoms with van der Waals surface area (Å²) < 4.78 is 22.6. The van der Waals surface area contributed by atoms with Crippen molar-refractivity contribution >= 4 is 28.8 Å². The molecular weight excluding hydrogens is 484 g/mol. The third kappa shape index (κ3) is 3.87. The van der Waals surface area contributed by atoms with Crippen LogP contribution >= 0.6 is 0 Å². The van der Waals surface area contributed by atoms with Crippen LogP contribution in [0.25, 0.3) is 17.0 Å². The third-order valence-electron chi connectivity index (χ3n) is 7.06. The minimum absolute atomic E-state index is 0.100. The van der Waals surface area contributed by atoms with Gasteiger partial charge in [0.25, 0.3) is 0 Å². The van der Waals surface area contributed by atoms with Crippen LogP contribution in [0, 0.1) is 0 Å². The molecule has 1 atom stereocenters. The fourth-order valence-electron chi connectivity index (χ4n) is 4.99. The van der Waals surface area contributed by atoms with Gasteiger partial charge in [0.05, 0.1) is 30.7 Å². The lowest BCUT2D eigenvalue weighted by molar-refractivity contribution is -0.135. The van der Waals surface area contributed by atoms with E-state index in [0.29, 0.717) is 39.5 Å². The van der Waals surface area contributed by atoms with E-state index in [1.165, 1.54) is 18.9 Å². The van der Waals surface area contributed by atoms with Crippen LogP contribution in [0.2, 0.25) is 0 Å². The summed E-state index contributed by atoms with van der Waals surface area (Å²) in [6.07, 6.45) is 2.96. The number of hydrogen-bond donors (Lipinski definition) is 0. The van der Waals surface area contributed by atoms with Gasteiger partial charge in [0.2, 0.25) is 5.78 Å². The van der Waals surface area contributed by atoms with Gasteiger partial charge in [-0.05, 0) is 53.5 Å². The van der Waals surface area contributed by atoms with Crippen LogP contribution in [0.3, 0.4) is 0 Å². The molecule has 0 saturated carbocycles. The van der Waals surface area contributed by atoms with Gasteiger partial charge < -0.3 is 18.6 Å². The number of fused-ring (bicyclic) bond motifs is 4. The molecule has 1 aromatic heterocycles. The summed E-state index contributed by atoms with van der Waals surface area (Å²) in [7, 11) is 1.52. The van der Waals surface area contributed by atoms with E-state index in [-0.39, 0.29) is 34.7 Å². The molecule has 0 bridgehead atoms. The highest BCUT2D eigenvalue weighted by molar-refractivity contribution is 6.15. The van der Waals surface area contributed by atoms with Gasteiger partial charge in [-0.1, -0.05) is 38.1 Å². The van der Waals surface area contributed by atoms with Crippen LogP contribution in [0.15, 0.2) is 75.8 Å². The molecule has 3 heterocycles. The van der Waals surface area contributed by atoms with E-state index in [1.54, 1.807) is 36.4 Å². The molecule has 3 aromatic carbocycles. The van der Waals surface area contributed by atoms with Crippen LogP contribution in [0.5, 0.6) is 17.2 Å². The first-order chi connectivity index (χ1) is 18.3. The SMILES string of the molecule is COc1ccc2occ(C3CC(=O)Oc4ccc5c(c43)OC(=Cc3ccc(C(C)C)cc3)C5=O)c(=O)c2c1. The Balaban J connectivity index is 1.45. The zero-order valence-corrected chi connectivity index (χ0v) is 21.1. The van der Waals surface area contributed by atoms with E-state index in [2.05, 4.69) is 13.8 Å². The standard InChI is InChI=1S/C31H24O7/c1-16(2)18-6-4-17(5-7-18)12-26-30(34)20-9-11-25-28(31(20)38-26)21(14-27(32)37-25)23-15-36-24-10-8-19(35-3)13-22(24)29(23)33/h4-13,15-16,21H,14H2,1-3H3.